The molecule has 0 amide bonds. The van der Waals surface area contributed by atoms with Crippen LogP contribution in [0.15, 0.2) is 18.2 Å². The van der Waals surface area contributed by atoms with Gasteiger partial charge in [-0.2, -0.15) is 0 Å². The van der Waals surface area contributed by atoms with Gasteiger partial charge < -0.3 is 15.4 Å². The van der Waals surface area contributed by atoms with E-state index in [0.29, 0.717) is 23.5 Å². The Balaban J connectivity index is 2.40. The molecule has 1 aromatic rings. The summed E-state index contributed by atoms with van der Waals surface area (Å²) in [5, 5.41) is 0. The maximum Gasteiger partial charge on any atom is 0.340 e. The molecule has 0 radical (unpaired) electrons. The Bertz CT molecular complexity index is 627. The molecule has 2 N–H and O–H groups in total. The van der Waals surface area contributed by atoms with Crippen LogP contribution in [-0.4, -0.2) is 45.6 Å². The third-order valence-electron chi connectivity index (χ3n) is 3.41. The fourth-order valence-corrected chi connectivity index (χ4v) is 3.99. The molecule has 1 saturated heterocycles. The number of rotatable bonds is 2. The lowest BCUT2D eigenvalue weighted by Gasteiger charge is -2.36. The van der Waals surface area contributed by atoms with Crippen LogP contribution in [0.4, 0.5) is 11.4 Å². The van der Waals surface area contributed by atoms with Gasteiger partial charge in [-0.15, -0.1) is 0 Å². The van der Waals surface area contributed by atoms with Gasteiger partial charge in [0.05, 0.1) is 29.9 Å². The monoisotopic (exact) mass is 298 g/mol. The number of benzene rings is 1. The molecule has 0 bridgehead atoms. The Morgan fingerprint density at radius 3 is 2.75 bits per heavy atom. The second-order valence-electron chi connectivity index (χ2n) is 4.92. The van der Waals surface area contributed by atoms with Crippen molar-refractivity contribution in [2.75, 3.05) is 35.8 Å². The minimum atomic E-state index is -3.00. The number of sulfone groups is 1. The predicted octanol–water partition coefficient (Wildman–Crippen LogP) is 0.679. The maximum atomic E-state index is 11.8. The van der Waals surface area contributed by atoms with Crippen molar-refractivity contribution in [1.29, 1.82) is 0 Å². The number of anilines is 2. The summed E-state index contributed by atoms with van der Waals surface area (Å²) >= 11 is 0. The number of hydrogen-bond acceptors (Lipinski definition) is 6. The van der Waals surface area contributed by atoms with E-state index in [4.69, 9.17) is 10.5 Å². The van der Waals surface area contributed by atoms with E-state index in [9.17, 15) is 13.2 Å². The van der Waals surface area contributed by atoms with Gasteiger partial charge in [-0.3, -0.25) is 0 Å². The van der Waals surface area contributed by atoms with Crippen molar-refractivity contribution in [2.45, 2.75) is 13.0 Å². The van der Waals surface area contributed by atoms with Crippen LogP contribution < -0.4 is 10.6 Å². The van der Waals surface area contributed by atoms with Gasteiger partial charge >= 0.3 is 5.97 Å². The largest absolute Gasteiger partial charge is 0.465 e. The quantitative estimate of drug-likeness (QED) is 0.638. The summed E-state index contributed by atoms with van der Waals surface area (Å²) < 4.78 is 28.0. The van der Waals surface area contributed by atoms with Crippen LogP contribution >= 0.6 is 0 Å². The minimum Gasteiger partial charge on any atom is -0.465 e. The first-order valence-electron chi connectivity index (χ1n) is 6.29. The van der Waals surface area contributed by atoms with E-state index in [1.807, 2.05) is 11.8 Å². The highest BCUT2D eigenvalue weighted by Gasteiger charge is 2.30. The van der Waals surface area contributed by atoms with Gasteiger partial charge in [0, 0.05) is 18.3 Å². The molecule has 1 atom stereocenters. The normalized spacial score (nSPS) is 21.5. The summed E-state index contributed by atoms with van der Waals surface area (Å²) in [7, 11) is -1.70. The Morgan fingerprint density at radius 2 is 2.15 bits per heavy atom. The smallest absolute Gasteiger partial charge is 0.340 e. The molecule has 2 rings (SSSR count). The topological polar surface area (TPSA) is 89.7 Å². The molecule has 1 aliphatic heterocycles. The van der Waals surface area contributed by atoms with Crippen molar-refractivity contribution in [1.82, 2.24) is 0 Å². The molecule has 1 fully saturated rings. The van der Waals surface area contributed by atoms with Crippen LogP contribution in [-0.2, 0) is 14.6 Å². The Morgan fingerprint density at radius 1 is 1.45 bits per heavy atom. The number of carbonyl (C=O) groups excluding carboxylic acids is 1. The highest BCUT2D eigenvalue weighted by atomic mass is 32.2. The minimum absolute atomic E-state index is 0.0813. The van der Waals surface area contributed by atoms with Crippen LogP contribution in [0.5, 0.6) is 0 Å². The molecular weight excluding hydrogens is 280 g/mol. The summed E-state index contributed by atoms with van der Waals surface area (Å²) in [6.07, 6.45) is 0. The molecular formula is C13H18N2O4S. The van der Waals surface area contributed by atoms with E-state index in [1.165, 1.54) is 7.11 Å². The second kappa shape index (κ2) is 5.32. The molecule has 1 aromatic carbocycles. The molecule has 20 heavy (non-hydrogen) atoms. The summed E-state index contributed by atoms with van der Waals surface area (Å²) in [4.78, 5) is 13.7. The van der Waals surface area contributed by atoms with Crippen LogP contribution in [0, 0.1) is 0 Å². The van der Waals surface area contributed by atoms with Gasteiger partial charge in [-0.05, 0) is 25.1 Å². The average molecular weight is 298 g/mol. The van der Waals surface area contributed by atoms with Crippen LogP contribution in [0.25, 0.3) is 0 Å². The third-order valence-corrected chi connectivity index (χ3v) is 5.20. The number of methoxy groups -OCH3 is 1. The van der Waals surface area contributed by atoms with E-state index < -0.39 is 15.8 Å². The molecule has 7 heteroatoms. The number of nitrogens with two attached hydrogens (primary N) is 1. The van der Waals surface area contributed by atoms with Crippen molar-refractivity contribution in [3.63, 3.8) is 0 Å². The first-order valence-corrected chi connectivity index (χ1v) is 8.11. The highest BCUT2D eigenvalue weighted by molar-refractivity contribution is 7.91. The van der Waals surface area contributed by atoms with Crippen molar-refractivity contribution in [3.05, 3.63) is 23.8 Å². The fourth-order valence-electron chi connectivity index (χ4n) is 2.43. The van der Waals surface area contributed by atoms with E-state index >= 15 is 0 Å². The molecule has 1 heterocycles. The molecule has 0 aliphatic carbocycles. The van der Waals surface area contributed by atoms with Crippen LogP contribution in [0.2, 0.25) is 0 Å². The lowest BCUT2D eigenvalue weighted by molar-refractivity contribution is 0.0601. The van der Waals surface area contributed by atoms with Gasteiger partial charge in [0.25, 0.3) is 0 Å². The molecule has 0 saturated carbocycles. The zero-order valence-electron chi connectivity index (χ0n) is 11.5. The molecule has 0 spiro atoms. The standard InChI is InChI=1S/C13H18N2O4S/c1-9-8-20(17,18)6-5-15(9)12-4-3-10(14)7-11(12)13(16)19-2/h3-4,7,9H,5-6,8,14H2,1-2H3. The summed E-state index contributed by atoms with van der Waals surface area (Å²) in [5.74, 6) is -0.312. The van der Waals surface area contributed by atoms with Crippen molar-refractivity contribution >= 4 is 27.2 Å². The highest BCUT2D eigenvalue weighted by Crippen LogP contribution is 2.28. The maximum absolute atomic E-state index is 11.8. The van der Waals surface area contributed by atoms with Crippen molar-refractivity contribution in [2.24, 2.45) is 0 Å². The zero-order valence-corrected chi connectivity index (χ0v) is 12.3. The van der Waals surface area contributed by atoms with E-state index in [1.54, 1.807) is 18.2 Å². The Labute approximate surface area is 118 Å². The number of nitrogens with zero attached hydrogens (tertiary/aromatic N) is 1. The zero-order chi connectivity index (χ0) is 14.9. The predicted molar refractivity (Wildman–Crippen MR) is 77.7 cm³/mol. The van der Waals surface area contributed by atoms with Crippen LogP contribution in [0.1, 0.15) is 17.3 Å². The first kappa shape index (κ1) is 14.6. The van der Waals surface area contributed by atoms with Crippen LogP contribution in [0.3, 0.4) is 0 Å². The number of ether oxygens (including phenoxy) is 1. The van der Waals surface area contributed by atoms with E-state index in [-0.39, 0.29) is 17.5 Å². The fraction of sp³-hybridized carbons (Fsp3) is 0.462. The average Bonchev–Trinajstić information content (AvgIpc) is 2.37. The third kappa shape index (κ3) is 2.87. The number of nitrogen functional groups attached to an aromatic ring is 1. The Kier molecular flexibility index (Phi) is 3.89. The van der Waals surface area contributed by atoms with Gasteiger partial charge in [-0.25, -0.2) is 13.2 Å². The summed E-state index contributed by atoms with van der Waals surface area (Å²) in [6.45, 7) is 2.19. The second-order valence-corrected chi connectivity index (χ2v) is 7.15. The summed E-state index contributed by atoms with van der Waals surface area (Å²) in [6, 6.07) is 4.78. The molecule has 1 aliphatic rings. The van der Waals surface area contributed by atoms with E-state index in [0.717, 1.165) is 0 Å². The van der Waals surface area contributed by atoms with E-state index in [2.05, 4.69) is 0 Å². The first-order chi connectivity index (χ1) is 9.34. The molecule has 0 aromatic heterocycles. The molecule has 1 unspecified atom stereocenters. The molecule has 110 valence electrons. The SMILES string of the molecule is COC(=O)c1cc(N)ccc1N1CCS(=O)(=O)CC1C. The number of hydrogen-bond donors (Lipinski definition) is 1. The number of esters is 1. The lowest BCUT2D eigenvalue weighted by atomic mass is 10.1. The van der Waals surface area contributed by atoms with Gasteiger partial charge in [-0.1, -0.05) is 0 Å². The molecule has 6 nitrogen and oxygen atoms in total. The Hall–Kier alpha value is -1.76. The number of carbonyl (C=O) groups is 1. The van der Waals surface area contributed by atoms with Crippen molar-refractivity contribution < 1.29 is 17.9 Å². The van der Waals surface area contributed by atoms with Gasteiger partial charge in [0.15, 0.2) is 9.84 Å². The summed E-state index contributed by atoms with van der Waals surface area (Å²) in [5.41, 5.74) is 7.19. The van der Waals surface area contributed by atoms with Crippen molar-refractivity contribution in [3.8, 4) is 0 Å². The lowest BCUT2D eigenvalue weighted by Crippen LogP contribution is -2.47. The van der Waals surface area contributed by atoms with Gasteiger partial charge in [0.2, 0.25) is 0 Å². The van der Waals surface area contributed by atoms with Gasteiger partial charge in [0.1, 0.15) is 0 Å².